The molecule has 0 saturated carbocycles. The summed E-state index contributed by atoms with van der Waals surface area (Å²) in [5.74, 6) is -2.78. The SMILES string of the molecule is CN1N=C2CCN(C(=O)C(CCOc3ccc(F)c(F)c3)OC(N)=O)C[C@@]2(Cc2ccccc2)C1=O. The van der Waals surface area contributed by atoms with Gasteiger partial charge in [0, 0.05) is 39.0 Å². The maximum atomic E-state index is 13.4. The number of carbonyl (C=O) groups excluding carboxylic acids is 3. The molecule has 1 saturated heterocycles. The fourth-order valence-corrected chi connectivity index (χ4v) is 4.64. The summed E-state index contributed by atoms with van der Waals surface area (Å²) < 4.78 is 37.0. The van der Waals surface area contributed by atoms with Crippen LogP contribution in [-0.2, 0) is 20.7 Å². The largest absolute Gasteiger partial charge is 0.493 e. The molecule has 0 aromatic heterocycles. The van der Waals surface area contributed by atoms with Crippen molar-refractivity contribution in [2.24, 2.45) is 16.3 Å². The molecule has 0 spiro atoms. The molecule has 1 fully saturated rings. The van der Waals surface area contributed by atoms with Gasteiger partial charge in [-0.15, -0.1) is 0 Å². The van der Waals surface area contributed by atoms with E-state index in [1.807, 2.05) is 30.3 Å². The van der Waals surface area contributed by atoms with E-state index in [0.717, 1.165) is 17.7 Å². The number of ether oxygens (including phenoxy) is 2. The Labute approximate surface area is 206 Å². The van der Waals surface area contributed by atoms with Crippen LogP contribution >= 0.6 is 0 Å². The normalized spacial score (nSPS) is 20.0. The zero-order chi connectivity index (χ0) is 25.9. The summed E-state index contributed by atoms with van der Waals surface area (Å²) in [4.78, 5) is 39.6. The number of amides is 3. The average Bonchev–Trinajstić information content (AvgIpc) is 3.09. The molecule has 3 amide bonds. The quantitative estimate of drug-likeness (QED) is 0.598. The van der Waals surface area contributed by atoms with Crippen molar-refractivity contribution < 1.29 is 32.6 Å². The van der Waals surface area contributed by atoms with Crippen LogP contribution in [0.25, 0.3) is 0 Å². The number of halogens is 2. The molecule has 2 aliphatic heterocycles. The molecule has 9 nitrogen and oxygen atoms in total. The van der Waals surface area contributed by atoms with Crippen LogP contribution in [0.2, 0.25) is 0 Å². The lowest BCUT2D eigenvalue weighted by Gasteiger charge is -2.40. The summed E-state index contributed by atoms with van der Waals surface area (Å²) >= 11 is 0. The smallest absolute Gasteiger partial charge is 0.405 e. The van der Waals surface area contributed by atoms with Gasteiger partial charge in [0.15, 0.2) is 17.7 Å². The lowest BCUT2D eigenvalue weighted by atomic mass is 9.73. The molecule has 2 atom stereocenters. The van der Waals surface area contributed by atoms with Crippen LogP contribution in [-0.4, -0.2) is 66.4 Å². The van der Waals surface area contributed by atoms with Crippen molar-refractivity contribution in [1.29, 1.82) is 0 Å². The Hall–Kier alpha value is -4.02. The van der Waals surface area contributed by atoms with Crippen LogP contribution in [0.15, 0.2) is 53.6 Å². The number of hydrazone groups is 1. The van der Waals surface area contributed by atoms with E-state index in [4.69, 9.17) is 15.2 Å². The van der Waals surface area contributed by atoms with Gasteiger partial charge in [0.05, 0.1) is 12.3 Å². The number of rotatable bonds is 8. The molecular formula is C25H26F2N4O5. The number of carbonyl (C=O) groups is 3. The lowest BCUT2D eigenvalue weighted by molar-refractivity contribution is -0.145. The van der Waals surface area contributed by atoms with E-state index in [1.165, 1.54) is 16.0 Å². The van der Waals surface area contributed by atoms with Gasteiger partial charge in [-0.3, -0.25) is 9.59 Å². The first-order chi connectivity index (χ1) is 17.2. The van der Waals surface area contributed by atoms with Crippen LogP contribution in [0, 0.1) is 17.0 Å². The summed E-state index contributed by atoms with van der Waals surface area (Å²) in [6, 6.07) is 12.5. The highest BCUT2D eigenvalue weighted by molar-refractivity contribution is 6.13. The van der Waals surface area contributed by atoms with Gasteiger partial charge in [-0.2, -0.15) is 5.10 Å². The van der Waals surface area contributed by atoms with Crippen molar-refractivity contribution in [2.45, 2.75) is 25.4 Å². The molecular weight excluding hydrogens is 474 g/mol. The lowest BCUT2D eigenvalue weighted by Crippen LogP contribution is -2.57. The molecule has 4 rings (SSSR count). The standard InChI is InChI=1S/C25H26F2N4O5/c1-30-23(33)25(14-16-5-3-2-4-6-16)15-31(11-9-21(25)29-30)22(32)20(36-24(28)34)10-12-35-17-7-8-18(26)19(27)13-17/h2-8,13,20H,9-12,14-15H2,1H3,(H2,28,34)/t20?,25-/m1/s1. The molecule has 2 aromatic carbocycles. The van der Waals surface area contributed by atoms with E-state index in [1.54, 1.807) is 7.05 Å². The molecule has 1 unspecified atom stereocenters. The first kappa shape index (κ1) is 25.1. The van der Waals surface area contributed by atoms with E-state index in [0.29, 0.717) is 18.6 Å². The van der Waals surface area contributed by atoms with E-state index in [9.17, 15) is 23.2 Å². The third-order valence-electron chi connectivity index (χ3n) is 6.34. The third kappa shape index (κ3) is 5.14. The molecule has 2 heterocycles. The van der Waals surface area contributed by atoms with Crippen molar-refractivity contribution in [3.05, 3.63) is 65.7 Å². The fraction of sp³-hybridized carbons (Fsp3) is 0.360. The van der Waals surface area contributed by atoms with Gasteiger partial charge in [0.25, 0.3) is 11.8 Å². The molecule has 0 radical (unpaired) electrons. The minimum absolute atomic E-state index is 0.0550. The molecule has 0 bridgehead atoms. The summed E-state index contributed by atoms with van der Waals surface area (Å²) in [5.41, 5.74) is 5.80. The third-order valence-corrected chi connectivity index (χ3v) is 6.34. The van der Waals surface area contributed by atoms with Gasteiger partial charge < -0.3 is 20.1 Å². The number of nitrogens with two attached hydrogens (primary N) is 1. The highest BCUT2D eigenvalue weighted by atomic mass is 19.2. The monoisotopic (exact) mass is 500 g/mol. The van der Waals surface area contributed by atoms with Gasteiger partial charge in [-0.05, 0) is 24.1 Å². The number of piperidine rings is 1. The molecule has 0 aliphatic carbocycles. The Morgan fingerprint density at radius 3 is 2.61 bits per heavy atom. The van der Waals surface area contributed by atoms with Gasteiger partial charge in [0.2, 0.25) is 0 Å². The molecule has 2 N–H and O–H groups in total. The van der Waals surface area contributed by atoms with Gasteiger partial charge in [-0.25, -0.2) is 18.6 Å². The van der Waals surface area contributed by atoms with Crippen molar-refractivity contribution in [3.63, 3.8) is 0 Å². The van der Waals surface area contributed by atoms with Crippen LogP contribution in [0.3, 0.4) is 0 Å². The Morgan fingerprint density at radius 1 is 1.17 bits per heavy atom. The average molecular weight is 501 g/mol. The summed E-state index contributed by atoms with van der Waals surface area (Å²) in [7, 11) is 1.58. The second kappa shape index (κ2) is 10.3. The predicted octanol–water partition coefficient (Wildman–Crippen LogP) is 2.49. The summed E-state index contributed by atoms with van der Waals surface area (Å²) in [6.07, 6.45) is -1.77. The Bertz CT molecular complexity index is 1190. The Balaban J connectivity index is 1.49. The van der Waals surface area contributed by atoms with Crippen LogP contribution < -0.4 is 10.5 Å². The predicted molar refractivity (Wildman–Crippen MR) is 125 cm³/mol. The second-order valence-electron chi connectivity index (χ2n) is 8.77. The maximum Gasteiger partial charge on any atom is 0.405 e. The van der Waals surface area contributed by atoms with Crippen molar-refractivity contribution in [2.75, 3.05) is 26.7 Å². The minimum atomic E-state index is -1.28. The number of hydrogen-bond donors (Lipinski definition) is 1. The Morgan fingerprint density at radius 2 is 1.92 bits per heavy atom. The highest BCUT2D eigenvalue weighted by Crippen LogP contribution is 2.38. The van der Waals surface area contributed by atoms with Crippen LogP contribution in [0.5, 0.6) is 5.75 Å². The topological polar surface area (TPSA) is 115 Å². The highest BCUT2D eigenvalue weighted by Gasteiger charge is 2.54. The number of benzene rings is 2. The van der Waals surface area contributed by atoms with Crippen LogP contribution in [0.1, 0.15) is 18.4 Å². The molecule has 190 valence electrons. The number of nitrogens with zero attached hydrogens (tertiary/aromatic N) is 3. The van der Waals surface area contributed by atoms with E-state index < -0.39 is 35.2 Å². The first-order valence-electron chi connectivity index (χ1n) is 11.4. The molecule has 2 aliphatic rings. The van der Waals surface area contributed by atoms with Crippen LogP contribution in [0.4, 0.5) is 13.6 Å². The number of fused-ring (bicyclic) bond motifs is 1. The zero-order valence-electron chi connectivity index (χ0n) is 19.7. The fourth-order valence-electron chi connectivity index (χ4n) is 4.64. The number of hydrogen-bond acceptors (Lipinski definition) is 6. The van der Waals surface area contributed by atoms with E-state index >= 15 is 0 Å². The maximum absolute atomic E-state index is 13.4. The van der Waals surface area contributed by atoms with Crippen molar-refractivity contribution >= 4 is 23.6 Å². The van der Waals surface area contributed by atoms with E-state index in [2.05, 4.69) is 5.10 Å². The zero-order valence-corrected chi connectivity index (χ0v) is 19.7. The van der Waals surface area contributed by atoms with E-state index in [-0.39, 0.29) is 37.8 Å². The molecule has 2 aromatic rings. The first-order valence-corrected chi connectivity index (χ1v) is 11.4. The van der Waals surface area contributed by atoms with Crippen molar-refractivity contribution in [3.8, 4) is 5.75 Å². The number of primary amides is 1. The minimum Gasteiger partial charge on any atom is -0.493 e. The van der Waals surface area contributed by atoms with Gasteiger partial charge >= 0.3 is 6.09 Å². The molecule has 11 heteroatoms. The van der Waals surface area contributed by atoms with Gasteiger partial charge in [-0.1, -0.05) is 30.3 Å². The second-order valence-corrected chi connectivity index (χ2v) is 8.77. The Kier molecular flexibility index (Phi) is 7.18. The summed E-state index contributed by atoms with van der Waals surface area (Å²) in [6.45, 7) is 0.204. The number of likely N-dealkylation sites (tertiary alicyclic amines) is 1. The summed E-state index contributed by atoms with van der Waals surface area (Å²) in [5, 5.41) is 5.73. The van der Waals surface area contributed by atoms with Crippen molar-refractivity contribution in [1.82, 2.24) is 9.91 Å². The van der Waals surface area contributed by atoms with Gasteiger partial charge in [0.1, 0.15) is 11.2 Å². The molecule has 36 heavy (non-hydrogen) atoms.